The van der Waals surface area contributed by atoms with Gasteiger partial charge < -0.3 is 28.4 Å². The number of benzene rings is 1. The van der Waals surface area contributed by atoms with Gasteiger partial charge in [0.2, 0.25) is 12.4 Å². The molecule has 0 aromatic heterocycles. The molecule has 13 heteroatoms. The lowest BCUT2D eigenvalue weighted by Crippen LogP contribution is -2.63. The number of nitro groups is 1. The van der Waals surface area contributed by atoms with Gasteiger partial charge >= 0.3 is 29.6 Å². The van der Waals surface area contributed by atoms with Crippen molar-refractivity contribution < 1.29 is 52.5 Å². The standard InChI is InChI=1S/C20H23NO12/c1-10(22)28-9-16-17(29-11(2)23)18(30-12(3)24)19(31-13(4)25)20(33-16)32-15-8-6-5-7-14(15)21(26)27/h5-8,16-20H,9H2,1-4H3/t16-,17+,18+,19-,20+/m1/s1. The fourth-order valence-corrected chi connectivity index (χ4v) is 3.12. The quantitative estimate of drug-likeness (QED) is 0.230. The van der Waals surface area contributed by atoms with Crippen LogP contribution < -0.4 is 4.74 Å². The summed E-state index contributed by atoms with van der Waals surface area (Å²) in [6.45, 7) is 3.91. The molecule has 13 nitrogen and oxygen atoms in total. The Balaban J connectivity index is 2.51. The van der Waals surface area contributed by atoms with Crippen LogP contribution in [0, 0.1) is 10.1 Å². The van der Waals surface area contributed by atoms with E-state index in [1.165, 1.54) is 24.3 Å². The van der Waals surface area contributed by atoms with Gasteiger partial charge in [-0.2, -0.15) is 0 Å². The minimum atomic E-state index is -1.56. The van der Waals surface area contributed by atoms with Gasteiger partial charge in [-0.05, 0) is 6.07 Å². The first-order valence-corrected chi connectivity index (χ1v) is 9.70. The molecule has 1 aliphatic heterocycles. The van der Waals surface area contributed by atoms with Gasteiger partial charge in [-0.25, -0.2) is 0 Å². The number of carbonyl (C=O) groups is 4. The highest BCUT2D eigenvalue weighted by Crippen LogP contribution is 2.34. The Morgan fingerprint density at radius 1 is 0.879 bits per heavy atom. The molecule has 1 heterocycles. The Bertz CT molecular complexity index is 916. The smallest absolute Gasteiger partial charge is 0.311 e. The Kier molecular flexibility index (Phi) is 8.68. The Morgan fingerprint density at radius 3 is 1.97 bits per heavy atom. The van der Waals surface area contributed by atoms with Crippen LogP contribution in [0.15, 0.2) is 24.3 Å². The highest BCUT2D eigenvalue weighted by molar-refractivity contribution is 5.68. The molecule has 1 aliphatic rings. The largest absolute Gasteiger partial charge is 0.463 e. The van der Waals surface area contributed by atoms with E-state index in [4.69, 9.17) is 28.4 Å². The third kappa shape index (κ3) is 7.14. The first-order valence-electron chi connectivity index (χ1n) is 9.70. The first-order chi connectivity index (χ1) is 15.5. The number of esters is 4. The zero-order valence-corrected chi connectivity index (χ0v) is 18.2. The van der Waals surface area contributed by atoms with Gasteiger partial charge in [-0.1, -0.05) is 12.1 Å². The normalized spacial score (nSPS) is 24.2. The van der Waals surface area contributed by atoms with Crippen LogP contribution in [0.25, 0.3) is 0 Å². The van der Waals surface area contributed by atoms with Crippen LogP contribution in [-0.4, -0.2) is 66.1 Å². The van der Waals surface area contributed by atoms with Crippen molar-refractivity contribution >= 4 is 29.6 Å². The third-order valence-electron chi connectivity index (χ3n) is 4.25. The number of rotatable bonds is 8. The Morgan fingerprint density at radius 2 is 1.42 bits per heavy atom. The SMILES string of the molecule is CC(=O)OC[C@H]1O[C@H](Oc2ccccc2[N+](=O)[O-])[C@H](OC(C)=O)[C@@H](OC(C)=O)[C@H]1OC(C)=O. The number of ether oxygens (including phenoxy) is 6. The molecule has 1 saturated heterocycles. The molecule has 0 spiro atoms. The van der Waals surface area contributed by atoms with Crippen molar-refractivity contribution in [1.82, 2.24) is 0 Å². The fourth-order valence-electron chi connectivity index (χ4n) is 3.12. The highest BCUT2D eigenvalue weighted by atomic mass is 16.7. The Labute approximate surface area is 188 Å². The Hall–Kier alpha value is -3.74. The molecule has 5 atom stereocenters. The molecular formula is C20H23NO12. The number of nitrogens with zero attached hydrogens (tertiary/aromatic N) is 1. The lowest BCUT2D eigenvalue weighted by molar-refractivity contribution is -0.387. The summed E-state index contributed by atoms with van der Waals surface area (Å²) in [6, 6.07) is 5.35. The number of nitro benzene ring substituents is 1. The van der Waals surface area contributed by atoms with Gasteiger partial charge in [0.15, 0.2) is 18.0 Å². The van der Waals surface area contributed by atoms with E-state index >= 15 is 0 Å². The zero-order chi connectivity index (χ0) is 24.7. The summed E-state index contributed by atoms with van der Waals surface area (Å²) in [5.74, 6) is -3.33. The summed E-state index contributed by atoms with van der Waals surface area (Å²) in [5, 5.41) is 11.4. The van der Waals surface area contributed by atoms with Crippen LogP contribution in [0.5, 0.6) is 5.75 Å². The second kappa shape index (κ2) is 11.2. The minimum Gasteiger partial charge on any atom is -0.463 e. The maximum absolute atomic E-state index is 11.8. The molecular weight excluding hydrogens is 446 g/mol. The van der Waals surface area contributed by atoms with Gasteiger partial charge in [-0.3, -0.25) is 29.3 Å². The monoisotopic (exact) mass is 469 g/mol. The minimum absolute atomic E-state index is 0.233. The van der Waals surface area contributed by atoms with E-state index in [0.717, 1.165) is 27.7 Å². The van der Waals surface area contributed by atoms with Gasteiger partial charge in [0.25, 0.3) is 0 Å². The summed E-state index contributed by atoms with van der Waals surface area (Å²) in [6.07, 6.45) is -7.10. The van der Waals surface area contributed by atoms with E-state index in [1.807, 2.05) is 0 Å². The van der Waals surface area contributed by atoms with Crippen LogP contribution in [0.1, 0.15) is 27.7 Å². The van der Waals surface area contributed by atoms with E-state index in [-0.39, 0.29) is 5.75 Å². The zero-order valence-electron chi connectivity index (χ0n) is 18.2. The van der Waals surface area contributed by atoms with Gasteiger partial charge in [0, 0.05) is 33.8 Å². The van der Waals surface area contributed by atoms with Gasteiger partial charge in [0.1, 0.15) is 12.7 Å². The van der Waals surface area contributed by atoms with Crippen molar-refractivity contribution in [2.75, 3.05) is 6.61 Å². The molecule has 1 aromatic rings. The number of hydrogen-bond donors (Lipinski definition) is 0. The topological polar surface area (TPSA) is 167 Å². The van der Waals surface area contributed by atoms with Crippen molar-refractivity contribution in [2.24, 2.45) is 0 Å². The predicted molar refractivity (Wildman–Crippen MR) is 106 cm³/mol. The fraction of sp³-hybridized carbons (Fsp3) is 0.500. The van der Waals surface area contributed by atoms with E-state index in [1.54, 1.807) is 0 Å². The predicted octanol–water partition coefficient (Wildman–Crippen LogP) is 1.06. The maximum atomic E-state index is 11.8. The van der Waals surface area contributed by atoms with Crippen LogP contribution in [0.2, 0.25) is 0 Å². The van der Waals surface area contributed by atoms with Gasteiger partial charge in [0.05, 0.1) is 4.92 Å². The summed E-state index contributed by atoms with van der Waals surface area (Å²) in [7, 11) is 0. The van der Waals surface area contributed by atoms with Crippen molar-refractivity contribution in [3.63, 3.8) is 0 Å². The lowest BCUT2D eigenvalue weighted by atomic mass is 9.98. The van der Waals surface area contributed by atoms with E-state index < -0.39 is 71.8 Å². The summed E-state index contributed by atoms with van der Waals surface area (Å²) < 4.78 is 32.1. The number of hydrogen-bond acceptors (Lipinski definition) is 12. The van der Waals surface area contributed by atoms with E-state index in [9.17, 15) is 29.3 Å². The maximum Gasteiger partial charge on any atom is 0.311 e. The van der Waals surface area contributed by atoms with Crippen molar-refractivity contribution in [3.05, 3.63) is 34.4 Å². The molecule has 2 rings (SSSR count). The van der Waals surface area contributed by atoms with Crippen LogP contribution >= 0.6 is 0 Å². The molecule has 0 unspecified atom stereocenters. The van der Waals surface area contributed by atoms with Crippen LogP contribution in [0.4, 0.5) is 5.69 Å². The second-order valence-electron chi connectivity index (χ2n) is 6.91. The third-order valence-corrected chi connectivity index (χ3v) is 4.25. The average molecular weight is 469 g/mol. The van der Waals surface area contributed by atoms with Crippen LogP contribution in [-0.2, 0) is 42.9 Å². The highest BCUT2D eigenvalue weighted by Gasteiger charge is 2.53. The summed E-state index contributed by atoms with van der Waals surface area (Å²) in [4.78, 5) is 57.3. The molecule has 0 saturated carbocycles. The second-order valence-corrected chi connectivity index (χ2v) is 6.91. The first kappa shape index (κ1) is 25.5. The molecule has 33 heavy (non-hydrogen) atoms. The summed E-state index contributed by atoms with van der Waals surface area (Å²) >= 11 is 0. The summed E-state index contributed by atoms with van der Waals surface area (Å²) in [5.41, 5.74) is -0.412. The van der Waals surface area contributed by atoms with Gasteiger partial charge in [-0.15, -0.1) is 0 Å². The molecule has 180 valence electrons. The van der Waals surface area contributed by atoms with E-state index in [2.05, 4.69) is 0 Å². The molecule has 0 radical (unpaired) electrons. The van der Waals surface area contributed by atoms with Crippen LogP contribution in [0.3, 0.4) is 0 Å². The molecule has 0 bridgehead atoms. The van der Waals surface area contributed by atoms with Crippen molar-refractivity contribution in [1.29, 1.82) is 0 Å². The molecule has 1 aromatic carbocycles. The molecule has 0 aliphatic carbocycles. The molecule has 1 fully saturated rings. The molecule has 0 N–H and O–H groups in total. The lowest BCUT2D eigenvalue weighted by Gasteiger charge is -2.43. The van der Waals surface area contributed by atoms with Crippen molar-refractivity contribution in [3.8, 4) is 5.75 Å². The van der Waals surface area contributed by atoms with Crippen molar-refractivity contribution in [2.45, 2.75) is 58.4 Å². The molecule has 0 amide bonds. The number of carbonyl (C=O) groups excluding carboxylic acids is 4. The number of para-hydroxylation sites is 2. The van der Waals surface area contributed by atoms with E-state index in [0.29, 0.717) is 0 Å². The average Bonchev–Trinajstić information content (AvgIpc) is 2.70.